The molecule has 1 aromatic carbocycles. The van der Waals surface area contributed by atoms with Crippen LogP contribution in [0.2, 0.25) is 0 Å². The second-order valence-corrected chi connectivity index (χ2v) is 3.87. The number of nitrogens with two attached hydrogens (primary N) is 1. The number of amides is 1. The van der Waals surface area contributed by atoms with Crippen LogP contribution >= 0.6 is 0 Å². The van der Waals surface area contributed by atoms with Crippen LogP contribution in [0.1, 0.15) is 18.1 Å². The van der Waals surface area contributed by atoms with E-state index in [1.165, 1.54) is 11.1 Å². The minimum atomic E-state index is 0.124. The fraction of sp³-hybridized carbons (Fsp3) is 0.417. The number of hydrogen-bond acceptors (Lipinski definition) is 2. The maximum atomic E-state index is 11.4. The smallest absolute Gasteiger partial charge is 0.223 e. The zero-order valence-corrected chi connectivity index (χ0v) is 8.99. The van der Waals surface area contributed by atoms with E-state index in [9.17, 15) is 4.79 Å². The van der Waals surface area contributed by atoms with Crippen molar-refractivity contribution in [2.45, 2.75) is 19.8 Å². The summed E-state index contributed by atoms with van der Waals surface area (Å²) in [6, 6.07) is 6.13. The van der Waals surface area contributed by atoms with Crippen LogP contribution in [0.4, 0.5) is 5.69 Å². The highest BCUT2D eigenvalue weighted by molar-refractivity contribution is 5.94. The summed E-state index contributed by atoms with van der Waals surface area (Å²) >= 11 is 0. The highest BCUT2D eigenvalue weighted by Gasteiger charge is 2.23. The Hall–Kier alpha value is -1.35. The SMILES string of the molecule is CC(=O)N1CCc2c(CCN)cccc21. The minimum absolute atomic E-state index is 0.124. The molecule has 3 nitrogen and oxygen atoms in total. The Kier molecular flexibility index (Phi) is 2.73. The molecule has 1 heterocycles. The largest absolute Gasteiger partial charge is 0.330 e. The van der Waals surface area contributed by atoms with Crippen LogP contribution in [-0.2, 0) is 17.6 Å². The van der Waals surface area contributed by atoms with Crippen molar-refractivity contribution in [3.8, 4) is 0 Å². The molecule has 0 atom stereocenters. The van der Waals surface area contributed by atoms with Gasteiger partial charge in [-0.05, 0) is 36.6 Å². The third-order valence-corrected chi connectivity index (χ3v) is 2.92. The predicted molar refractivity (Wildman–Crippen MR) is 60.9 cm³/mol. The maximum absolute atomic E-state index is 11.4. The van der Waals surface area contributed by atoms with Crippen molar-refractivity contribution in [1.82, 2.24) is 0 Å². The predicted octanol–water partition coefficient (Wildman–Crippen LogP) is 1.10. The molecule has 1 aliphatic rings. The fourth-order valence-corrected chi connectivity index (χ4v) is 2.22. The van der Waals surface area contributed by atoms with Crippen molar-refractivity contribution in [2.24, 2.45) is 5.73 Å². The molecule has 3 heteroatoms. The normalized spacial score (nSPS) is 14.1. The molecule has 0 spiro atoms. The summed E-state index contributed by atoms with van der Waals surface area (Å²) in [7, 11) is 0. The van der Waals surface area contributed by atoms with E-state index in [1.54, 1.807) is 6.92 Å². The molecule has 0 aliphatic carbocycles. The second kappa shape index (κ2) is 4.03. The zero-order chi connectivity index (χ0) is 10.8. The average Bonchev–Trinajstić information content (AvgIpc) is 2.62. The van der Waals surface area contributed by atoms with E-state index in [1.807, 2.05) is 17.0 Å². The molecular formula is C12H16N2O. The van der Waals surface area contributed by atoms with E-state index < -0.39 is 0 Å². The van der Waals surface area contributed by atoms with Crippen molar-refractivity contribution in [3.63, 3.8) is 0 Å². The first kappa shape index (κ1) is 10.2. The summed E-state index contributed by atoms with van der Waals surface area (Å²) in [6.45, 7) is 3.09. The lowest BCUT2D eigenvalue weighted by Crippen LogP contribution is -2.25. The van der Waals surface area contributed by atoms with E-state index in [-0.39, 0.29) is 5.91 Å². The zero-order valence-electron chi connectivity index (χ0n) is 8.99. The summed E-state index contributed by atoms with van der Waals surface area (Å²) in [4.78, 5) is 13.2. The minimum Gasteiger partial charge on any atom is -0.330 e. The molecule has 80 valence electrons. The highest BCUT2D eigenvalue weighted by Crippen LogP contribution is 2.30. The van der Waals surface area contributed by atoms with Crippen LogP contribution < -0.4 is 10.6 Å². The topological polar surface area (TPSA) is 46.3 Å². The van der Waals surface area contributed by atoms with Crippen LogP contribution in [0.25, 0.3) is 0 Å². The summed E-state index contributed by atoms with van der Waals surface area (Å²) in [5.74, 6) is 0.124. The standard InChI is InChI=1S/C12H16N2O/c1-9(15)14-8-6-11-10(5-7-13)3-2-4-12(11)14/h2-4H,5-8,13H2,1H3. The third-order valence-electron chi connectivity index (χ3n) is 2.92. The molecule has 0 radical (unpaired) electrons. The Morgan fingerprint density at radius 2 is 2.33 bits per heavy atom. The quantitative estimate of drug-likeness (QED) is 0.784. The van der Waals surface area contributed by atoms with Crippen molar-refractivity contribution in [1.29, 1.82) is 0 Å². The first-order valence-corrected chi connectivity index (χ1v) is 5.33. The van der Waals surface area contributed by atoms with E-state index in [4.69, 9.17) is 5.73 Å². The number of nitrogens with zero attached hydrogens (tertiary/aromatic N) is 1. The monoisotopic (exact) mass is 204 g/mol. The Bertz CT molecular complexity index is 387. The second-order valence-electron chi connectivity index (χ2n) is 3.87. The van der Waals surface area contributed by atoms with Gasteiger partial charge in [-0.25, -0.2) is 0 Å². The Morgan fingerprint density at radius 3 is 3.00 bits per heavy atom. The molecule has 1 aliphatic heterocycles. The van der Waals surface area contributed by atoms with Crippen molar-refractivity contribution in [3.05, 3.63) is 29.3 Å². The van der Waals surface area contributed by atoms with Crippen LogP contribution in [0.5, 0.6) is 0 Å². The van der Waals surface area contributed by atoms with Crippen LogP contribution in [0.3, 0.4) is 0 Å². The lowest BCUT2D eigenvalue weighted by molar-refractivity contribution is -0.116. The summed E-state index contributed by atoms with van der Waals surface area (Å²) in [6.07, 6.45) is 1.86. The van der Waals surface area contributed by atoms with E-state index in [0.717, 1.165) is 25.1 Å². The van der Waals surface area contributed by atoms with Gasteiger partial charge in [0.05, 0.1) is 0 Å². The first-order chi connectivity index (χ1) is 7.24. The van der Waals surface area contributed by atoms with Gasteiger partial charge in [0, 0.05) is 19.2 Å². The highest BCUT2D eigenvalue weighted by atomic mass is 16.2. The molecule has 0 unspecified atom stereocenters. The van der Waals surface area contributed by atoms with E-state index in [0.29, 0.717) is 6.54 Å². The summed E-state index contributed by atoms with van der Waals surface area (Å²) < 4.78 is 0. The molecule has 0 fully saturated rings. The average molecular weight is 204 g/mol. The molecule has 1 aromatic rings. The molecule has 2 N–H and O–H groups in total. The molecule has 0 saturated carbocycles. The van der Waals surface area contributed by atoms with Gasteiger partial charge in [0.1, 0.15) is 0 Å². The van der Waals surface area contributed by atoms with Gasteiger partial charge >= 0.3 is 0 Å². The lowest BCUT2D eigenvalue weighted by Gasteiger charge is -2.15. The molecule has 2 rings (SSSR count). The van der Waals surface area contributed by atoms with Crippen molar-refractivity contribution in [2.75, 3.05) is 18.0 Å². The number of carbonyl (C=O) groups excluding carboxylic acids is 1. The van der Waals surface area contributed by atoms with Crippen LogP contribution in [0, 0.1) is 0 Å². The number of benzene rings is 1. The van der Waals surface area contributed by atoms with Crippen LogP contribution in [0.15, 0.2) is 18.2 Å². The number of rotatable bonds is 2. The van der Waals surface area contributed by atoms with Gasteiger partial charge in [0.15, 0.2) is 0 Å². The molecule has 15 heavy (non-hydrogen) atoms. The Labute approximate surface area is 89.9 Å². The third kappa shape index (κ3) is 1.75. The molecule has 0 bridgehead atoms. The number of fused-ring (bicyclic) bond motifs is 1. The van der Waals surface area contributed by atoms with Gasteiger partial charge in [-0.1, -0.05) is 12.1 Å². The van der Waals surface area contributed by atoms with Crippen molar-refractivity contribution >= 4 is 11.6 Å². The van der Waals surface area contributed by atoms with Gasteiger partial charge in [0.2, 0.25) is 5.91 Å². The summed E-state index contributed by atoms with van der Waals surface area (Å²) in [5, 5.41) is 0. The fourth-order valence-electron chi connectivity index (χ4n) is 2.22. The number of anilines is 1. The number of hydrogen-bond donors (Lipinski definition) is 1. The van der Waals surface area contributed by atoms with Gasteiger partial charge in [0.25, 0.3) is 0 Å². The van der Waals surface area contributed by atoms with Crippen LogP contribution in [-0.4, -0.2) is 19.0 Å². The molecule has 0 aromatic heterocycles. The first-order valence-electron chi connectivity index (χ1n) is 5.33. The van der Waals surface area contributed by atoms with Gasteiger partial charge in [-0.15, -0.1) is 0 Å². The lowest BCUT2D eigenvalue weighted by atomic mass is 10.0. The summed E-state index contributed by atoms with van der Waals surface area (Å²) in [5.41, 5.74) is 9.24. The molecule has 1 amide bonds. The van der Waals surface area contributed by atoms with Crippen molar-refractivity contribution < 1.29 is 4.79 Å². The van der Waals surface area contributed by atoms with Gasteiger partial charge in [-0.2, -0.15) is 0 Å². The number of carbonyl (C=O) groups is 1. The van der Waals surface area contributed by atoms with E-state index >= 15 is 0 Å². The van der Waals surface area contributed by atoms with Gasteiger partial charge in [-0.3, -0.25) is 4.79 Å². The Balaban J connectivity index is 2.38. The Morgan fingerprint density at radius 1 is 1.53 bits per heavy atom. The van der Waals surface area contributed by atoms with Gasteiger partial charge < -0.3 is 10.6 Å². The maximum Gasteiger partial charge on any atom is 0.223 e. The molecule has 0 saturated heterocycles. The van der Waals surface area contributed by atoms with E-state index in [2.05, 4.69) is 6.07 Å². The molecular weight excluding hydrogens is 188 g/mol.